The number of rotatable bonds is 9. The molecule has 0 saturated carbocycles. The van der Waals surface area contributed by atoms with Crippen LogP contribution in [0.15, 0.2) is 46.4 Å². The van der Waals surface area contributed by atoms with Crippen LogP contribution in [-0.2, 0) is 34.9 Å². The monoisotopic (exact) mass is 434 g/mol. The number of aromatic nitrogens is 2. The van der Waals surface area contributed by atoms with Crippen molar-refractivity contribution in [3.8, 4) is 0 Å². The number of hydrogen-bond acceptors (Lipinski definition) is 5. The fraction of sp³-hybridized carbons (Fsp3) is 0.500. The SMILES string of the molecule is CCNC(=NCc1ccc(S(=O)(=O)NCC2CCCO2)cc1)NCc1ccnn1C. The highest BCUT2D eigenvalue weighted by atomic mass is 32.2. The largest absolute Gasteiger partial charge is 0.377 e. The predicted octanol–water partition coefficient (Wildman–Crippen LogP) is 1.13. The van der Waals surface area contributed by atoms with Crippen LogP contribution < -0.4 is 15.4 Å². The molecule has 10 heteroatoms. The van der Waals surface area contributed by atoms with Crippen molar-refractivity contribution in [3.63, 3.8) is 0 Å². The highest BCUT2D eigenvalue weighted by Gasteiger charge is 2.20. The van der Waals surface area contributed by atoms with Gasteiger partial charge in [0, 0.05) is 32.9 Å². The van der Waals surface area contributed by atoms with Gasteiger partial charge in [0.05, 0.1) is 29.8 Å². The van der Waals surface area contributed by atoms with E-state index in [1.807, 2.05) is 24.7 Å². The number of sulfonamides is 1. The summed E-state index contributed by atoms with van der Waals surface area (Å²) in [6.07, 6.45) is 3.60. The standard InChI is InChI=1S/C20H30N6O3S/c1-3-21-20(23-14-17-10-11-24-26(17)2)22-13-16-6-8-19(9-7-16)30(27,28)25-15-18-5-4-12-29-18/h6-11,18,25H,3-5,12-15H2,1-2H3,(H2,21,22,23). The molecule has 3 rings (SSSR count). The van der Waals surface area contributed by atoms with Crippen molar-refractivity contribution in [2.75, 3.05) is 19.7 Å². The van der Waals surface area contributed by atoms with Crippen LogP contribution in [-0.4, -0.2) is 50.0 Å². The minimum Gasteiger partial charge on any atom is -0.377 e. The number of guanidine groups is 1. The quantitative estimate of drug-likeness (QED) is 0.403. The van der Waals surface area contributed by atoms with Gasteiger partial charge in [-0.25, -0.2) is 18.1 Å². The number of ether oxygens (including phenoxy) is 1. The second-order valence-electron chi connectivity index (χ2n) is 7.13. The Labute approximate surface area is 178 Å². The molecule has 1 aromatic heterocycles. The molecular formula is C20H30N6O3S. The van der Waals surface area contributed by atoms with Crippen molar-refractivity contribution in [2.24, 2.45) is 12.0 Å². The number of nitrogens with one attached hydrogen (secondary N) is 3. The summed E-state index contributed by atoms with van der Waals surface area (Å²) in [7, 11) is -1.65. The molecule has 30 heavy (non-hydrogen) atoms. The number of benzene rings is 1. The first-order chi connectivity index (χ1) is 14.5. The summed E-state index contributed by atoms with van der Waals surface area (Å²) in [6, 6.07) is 8.74. The van der Waals surface area contributed by atoms with E-state index in [0.717, 1.165) is 30.6 Å². The van der Waals surface area contributed by atoms with Gasteiger partial charge in [0.1, 0.15) is 0 Å². The van der Waals surface area contributed by atoms with Gasteiger partial charge in [-0.3, -0.25) is 4.68 Å². The fourth-order valence-corrected chi connectivity index (χ4v) is 4.19. The van der Waals surface area contributed by atoms with Crippen LogP contribution in [0.4, 0.5) is 0 Å². The average Bonchev–Trinajstić information content (AvgIpc) is 3.41. The van der Waals surface area contributed by atoms with Gasteiger partial charge in [-0.15, -0.1) is 0 Å². The lowest BCUT2D eigenvalue weighted by Crippen LogP contribution is -2.37. The lowest BCUT2D eigenvalue weighted by atomic mass is 10.2. The van der Waals surface area contributed by atoms with E-state index in [1.54, 1.807) is 30.5 Å². The Balaban J connectivity index is 1.56. The van der Waals surface area contributed by atoms with Crippen LogP contribution in [0.25, 0.3) is 0 Å². The van der Waals surface area contributed by atoms with Crippen molar-refractivity contribution < 1.29 is 13.2 Å². The number of hydrogen-bond donors (Lipinski definition) is 3. The van der Waals surface area contributed by atoms with E-state index in [-0.39, 0.29) is 11.0 Å². The average molecular weight is 435 g/mol. The van der Waals surface area contributed by atoms with Gasteiger partial charge in [-0.1, -0.05) is 12.1 Å². The van der Waals surface area contributed by atoms with Crippen LogP contribution in [0.2, 0.25) is 0 Å². The topological polar surface area (TPSA) is 110 Å². The van der Waals surface area contributed by atoms with E-state index in [1.165, 1.54) is 0 Å². The van der Waals surface area contributed by atoms with Gasteiger partial charge in [0.15, 0.2) is 5.96 Å². The van der Waals surface area contributed by atoms with Crippen LogP contribution in [0, 0.1) is 0 Å². The molecule has 164 valence electrons. The summed E-state index contributed by atoms with van der Waals surface area (Å²) in [6.45, 7) is 4.80. The number of nitrogens with zero attached hydrogens (tertiary/aromatic N) is 3. The smallest absolute Gasteiger partial charge is 0.240 e. The Morgan fingerprint density at radius 3 is 2.70 bits per heavy atom. The molecule has 3 N–H and O–H groups in total. The molecule has 1 aliphatic rings. The van der Waals surface area contributed by atoms with Gasteiger partial charge in [0.2, 0.25) is 10.0 Å². The van der Waals surface area contributed by atoms with Gasteiger partial charge in [-0.05, 0) is 43.5 Å². The highest BCUT2D eigenvalue weighted by Crippen LogP contribution is 2.14. The lowest BCUT2D eigenvalue weighted by molar-refractivity contribution is 0.114. The number of aliphatic imine (C=N–C) groups is 1. The van der Waals surface area contributed by atoms with Gasteiger partial charge in [-0.2, -0.15) is 5.10 Å². The first-order valence-corrected chi connectivity index (χ1v) is 11.7. The molecule has 0 bridgehead atoms. The molecule has 1 unspecified atom stereocenters. The second-order valence-corrected chi connectivity index (χ2v) is 8.89. The third kappa shape index (κ3) is 6.28. The molecule has 0 amide bonds. The molecule has 1 aromatic carbocycles. The van der Waals surface area contributed by atoms with Crippen molar-refractivity contribution in [1.82, 2.24) is 25.1 Å². The van der Waals surface area contributed by atoms with E-state index in [9.17, 15) is 8.42 Å². The van der Waals surface area contributed by atoms with Crippen LogP contribution in [0.5, 0.6) is 0 Å². The van der Waals surface area contributed by atoms with Crippen LogP contribution >= 0.6 is 0 Å². The molecular weight excluding hydrogens is 404 g/mol. The summed E-state index contributed by atoms with van der Waals surface area (Å²) < 4.78 is 34.8. The third-order valence-corrected chi connectivity index (χ3v) is 6.32. The minimum atomic E-state index is -3.54. The Morgan fingerprint density at radius 2 is 2.07 bits per heavy atom. The molecule has 9 nitrogen and oxygen atoms in total. The second kappa shape index (κ2) is 10.6. The Morgan fingerprint density at radius 1 is 1.27 bits per heavy atom. The van der Waals surface area contributed by atoms with Crippen molar-refractivity contribution in [3.05, 3.63) is 47.8 Å². The lowest BCUT2D eigenvalue weighted by Gasteiger charge is -2.12. The zero-order valence-electron chi connectivity index (χ0n) is 17.5. The summed E-state index contributed by atoms with van der Waals surface area (Å²) in [5.41, 5.74) is 1.97. The van der Waals surface area contributed by atoms with Gasteiger partial charge < -0.3 is 15.4 Å². The fourth-order valence-electron chi connectivity index (χ4n) is 3.13. The maximum atomic E-state index is 12.5. The third-order valence-electron chi connectivity index (χ3n) is 4.88. The molecule has 2 heterocycles. The first-order valence-electron chi connectivity index (χ1n) is 10.2. The Kier molecular flexibility index (Phi) is 7.83. The van der Waals surface area contributed by atoms with Crippen LogP contribution in [0.1, 0.15) is 31.0 Å². The molecule has 0 spiro atoms. The zero-order chi connectivity index (χ0) is 21.4. The maximum Gasteiger partial charge on any atom is 0.240 e. The molecule has 1 fully saturated rings. The van der Waals surface area contributed by atoms with Crippen molar-refractivity contribution >= 4 is 16.0 Å². The van der Waals surface area contributed by atoms with E-state index in [4.69, 9.17) is 4.74 Å². The summed E-state index contributed by atoms with van der Waals surface area (Å²) in [4.78, 5) is 4.82. The Hall–Kier alpha value is -2.43. The summed E-state index contributed by atoms with van der Waals surface area (Å²) >= 11 is 0. The molecule has 1 atom stereocenters. The Bertz CT molecular complexity index is 934. The van der Waals surface area contributed by atoms with Crippen molar-refractivity contribution in [1.29, 1.82) is 0 Å². The molecule has 0 radical (unpaired) electrons. The van der Waals surface area contributed by atoms with Crippen molar-refractivity contribution in [2.45, 2.75) is 43.9 Å². The molecule has 1 aliphatic heterocycles. The van der Waals surface area contributed by atoms with E-state index >= 15 is 0 Å². The van der Waals surface area contributed by atoms with Gasteiger partial charge >= 0.3 is 0 Å². The molecule has 0 aliphatic carbocycles. The van der Waals surface area contributed by atoms with E-state index in [0.29, 0.717) is 32.2 Å². The first kappa shape index (κ1) is 22.3. The van der Waals surface area contributed by atoms with E-state index in [2.05, 4.69) is 25.4 Å². The number of aryl methyl sites for hydroxylation is 1. The molecule has 2 aromatic rings. The van der Waals surface area contributed by atoms with Crippen LogP contribution in [0.3, 0.4) is 0 Å². The maximum absolute atomic E-state index is 12.5. The summed E-state index contributed by atoms with van der Waals surface area (Å²) in [5, 5.41) is 10.6. The van der Waals surface area contributed by atoms with E-state index < -0.39 is 10.0 Å². The normalized spacial score (nSPS) is 17.3. The van der Waals surface area contributed by atoms with Gasteiger partial charge in [0.25, 0.3) is 0 Å². The zero-order valence-corrected chi connectivity index (χ0v) is 18.3. The summed E-state index contributed by atoms with van der Waals surface area (Å²) in [5.74, 6) is 0.689. The highest BCUT2D eigenvalue weighted by molar-refractivity contribution is 7.89. The predicted molar refractivity (Wildman–Crippen MR) is 115 cm³/mol. The molecule has 1 saturated heterocycles. The minimum absolute atomic E-state index is 0.0308.